The van der Waals surface area contributed by atoms with Crippen LogP contribution < -0.4 is 10.9 Å². The van der Waals surface area contributed by atoms with Crippen LogP contribution in [0.1, 0.15) is 22.3 Å². The number of pyridine rings is 1. The van der Waals surface area contributed by atoms with Gasteiger partial charge in [-0.25, -0.2) is 4.98 Å². The van der Waals surface area contributed by atoms with Crippen LogP contribution in [0.4, 0.5) is 0 Å². The van der Waals surface area contributed by atoms with Gasteiger partial charge in [0.2, 0.25) is 0 Å². The van der Waals surface area contributed by atoms with E-state index in [1.165, 1.54) is 10.6 Å². The Bertz CT molecular complexity index is 747. The third-order valence-corrected chi connectivity index (χ3v) is 4.00. The number of aromatic nitrogens is 2. The quantitative estimate of drug-likeness (QED) is 0.870. The van der Waals surface area contributed by atoms with Crippen molar-refractivity contribution in [2.75, 3.05) is 20.1 Å². The van der Waals surface area contributed by atoms with Crippen molar-refractivity contribution >= 4 is 11.6 Å². The maximum atomic E-state index is 12.5. The van der Waals surface area contributed by atoms with Crippen LogP contribution in [0.3, 0.4) is 0 Å². The largest absolute Gasteiger partial charge is 0.337 e. The molecule has 6 nitrogen and oxygen atoms in total. The number of amides is 1. The predicted molar refractivity (Wildman–Crippen MR) is 79.6 cm³/mol. The molecule has 0 spiro atoms. The molecule has 0 saturated carbocycles. The van der Waals surface area contributed by atoms with E-state index in [1.54, 1.807) is 18.1 Å². The Kier molecular flexibility index (Phi) is 3.47. The van der Waals surface area contributed by atoms with Crippen LogP contribution in [-0.4, -0.2) is 46.4 Å². The molecule has 21 heavy (non-hydrogen) atoms. The molecule has 1 saturated heterocycles. The highest BCUT2D eigenvalue weighted by molar-refractivity contribution is 5.93. The molecule has 2 aromatic rings. The van der Waals surface area contributed by atoms with Crippen molar-refractivity contribution in [1.29, 1.82) is 0 Å². The lowest BCUT2D eigenvalue weighted by Gasteiger charge is -2.23. The van der Waals surface area contributed by atoms with Gasteiger partial charge in [-0.05, 0) is 37.6 Å². The molecule has 1 unspecified atom stereocenters. The monoisotopic (exact) mass is 286 g/mol. The smallest absolute Gasteiger partial charge is 0.270 e. The highest BCUT2D eigenvalue weighted by Gasteiger charge is 2.26. The maximum absolute atomic E-state index is 12.5. The molecule has 0 aliphatic carbocycles. The van der Waals surface area contributed by atoms with Gasteiger partial charge in [-0.3, -0.25) is 14.0 Å². The minimum Gasteiger partial charge on any atom is -0.337 e. The summed E-state index contributed by atoms with van der Waals surface area (Å²) >= 11 is 0. The summed E-state index contributed by atoms with van der Waals surface area (Å²) in [7, 11) is 1.74. The molecular formula is C15H18N4O2. The first-order chi connectivity index (χ1) is 10.1. The van der Waals surface area contributed by atoms with E-state index in [0.29, 0.717) is 5.65 Å². The van der Waals surface area contributed by atoms with Crippen molar-refractivity contribution in [2.45, 2.75) is 19.4 Å². The topological polar surface area (TPSA) is 66.7 Å². The van der Waals surface area contributed by atoms with E-state index in [0.717, 1.165) is 25.1 Å². The average molecular weight is 286 g/mol. The third kappa shape index (κ3) is 2.42. The van der Waals surface area contributed by atoms with Crippen molar-refractivity contribution in [1.82, 2.24) is 19.6 Å². The van der Waals surface area contributed by atoms with E-state index in [1.807, 2.05) is 19.1 Å². The number of carbonyl (C=O) groups is 1. The molecule has 1 aliphatic rings. The Morgan fingerprint density at radius 1 is 1.52 bits per heavy atom. The molecule has 1 atom stereocenters. The minimum atomic E-state index is -0.317. The Morgan fingerprint density at radius 2 is 2.33 bits per heavy atom. The number of nitrogens with one attached hydrogen (secondary N) is 1. The fraction of sp³-hybridized carbons (Fsp3) is 0.400. The van der Waals surface area contributed by atoms with Crippen LogP contribution >= 0.6 is 0 Å². The molecule has 0 radical (unpaired) electrons. The van der Waals surface area contributed by atoms with Gasteiger partial charge in [0.05, 0.1) is 0 Å². The lowest BCUT2D eigenvalue weighted by atomic mass is 10.2. The predicted octanol–water partition coefficient (Wildman–Crippen LogP) is 0.437. The van der Waals surface area contributed by atoms with E-state index >= 15 is 0 Å². The van der Waals surface area contributed by atoms with Gasteiger partial charge in [-0.15, -0.1) is 0 Å². The lowest BCUT2D eigenvalue weighted by Crippen LogP contribution is -2.41. The summed E-state index contributed by atoms with van der Waals surface area (Å²) in [6.07, 6.45) is 3.95. The number of hydrogen-bond donors (Lipinski definition) is 1. The van der Waals surface area contributed by atoms with Gasteiger partial charge in [-0.2, -0.15) is 0 Å². The Balaban J connectivity index is 2.00. The number of carbonyl (C=O) groups excluding carboxylic acids is 1. The Hall–Kier alpha value is -2.21. The van der Waals surface area contributed by atoms with Gasteiger partial charge in [-0.1, -0.05) is 0 Å². The van der Waals surface area contributed by atoms with Crippen LogP contribution in [0.2, 0.25) is 0 Å². The number of rotatable bonds is 2. The Labute approximate surface area is 122 Å². The van der Waals surface area contributed by atoms with Crippen LogP contribution in [0, 0.1) is 6.92 Å². The molecule has 3 rings (SSSR count). The fourth-order valence-corrected chi connectivity index (χ4v) is 2.65. The zero-order valence-electron chi connectivity index (χ0n) is 12.2. The van der Waals surface area contributed by atoms with Gasteiger partial charge >= 0.3 is 0 Å². The van der Waals surface area contributed by atoms with E-state index in [9.17, 15) is 9.59 Å². The number of nitrogens with zero attached hydrogens (tertiary/aromatic N) is 3. The second-order valence-corrected chi connectivity index (χ2v) is 5.47. The van der Waals surface area contributed by atoms with Gasteiger partial charge in [0.15, 0.2) is 0 Å². The van der Waals surface area contributed by atoms with Crippen molar-refractivity contribution in [3.05, 3.63) is 46.0 Å². The molecule has 6 heteroatoms. The fourth-order valence-electron chi connectivity index (χ4n) is 2.65. The summed E-state index contributed by atoms with van der Waals surface area (Å²) < 4.78 is 1.42. The van der Waals surface area contributed by atoms with Crippen LogP contribution in [0.15, 0.2) is 29.3 Å². The molecule has 1 fully saturated rings. The van der Waals surface area contributed by atoms with Gasteiger partial charge in [0, 0.05) is 32.0 Å². The summed E-state index contributed by atoms with van der Waals surface area (Å²) in [6.45, 7) is 3.60. The lowest BCUT2D eigenvalue weighted by molar-refractivity contribution is 0.0741. The normalized spacial score (nSPS) is 18.1. The van der Waals surface area contributed by atoms with Crippen LogP contribution in [0.25, 0.3) is 5.65 Å². The number of aryl methyl sites for hydroxylation is 1. The highest BCUT2D eigenvalue weighted by atomic mass is 16.2. The van der Waals surface area contributed by atoms with Crippen molar-refractivity contribution in [2.24, 2.45) is 0 Å². The van der Waals surface area contributed by atoms with Crippen molar-refractivity contribution in [3.63, 3.8) is 0 Å². The molecule has 1 aliphatic heterocycles. The van der Waals surface area contributed by atoms with Crippen molar-refractivity contribution < 1.29 is 4.79 Å². The van der Waals surface area contributed by atoms with E-state index < -0.39 is 0 Å². The summed E-state index contributed by atoms with van der Waals surface area (Å²) in [5, 5.41) is 3.22. The van der Waals surface area contributed by atoms with Gasteiger partial charge in [0.1, 0.15) is 11.2 Å². The first-order valence-electron chi connectivity index (χ1n) is 7.04. The molecule has 2 aromatic heterocycles. The Morgan fingerprint density at radius 3 is 3.05 bits per heavy atom. The summed E-state index contributed by atoms with van der Waals surface area (Å²) in [6, 6.07) is 3.78. The molecule has 1 N–H and O–H groups in total. The second kappa shape index (κ2) is 5.29. The van der Waals surface area contributed by atoms with Crippen molar-refractivity contribution in [3.8, 4) is 0 Å². The molecule has 1 amide bonds. The maximum Gasteiger partial charge on any atom is 0.270 e. The van der Waals surface area contributed by atoms with Gasteiger partial charge < -0.3 is 10.2 Å². The summed E-state index contributed by atoms with van der Waals surface area (Å²) in [4.78, 5) is 30.8. The number of fused-ring (bicyclic) bond motifs is 1. The zero-order valence-corrected chi connectivity index (χ0v) is 12.2. The molecular weight excluding hydrogens is 268 g/mol. The molecule has 0 bridgehead atoms. The summed E-state index contributed by atoms with van der Waals surface area (Å²) in [5.74, 6) is -0.267. The number of likely N-dealkylation sites (N-methyl/N-ethyl adjacent to an activating group) is 1. The van der Waals surface area contributed by atoms with Gasteiger partial charge in [0.25, 0.3) is 11.5 Å². The highest BCUT2D eigenvalue weighted by Crippen LogP contribution is 2.10. The first-order valence-corrected chi connectivity index (χ1v) is 7.04. The third-order valence-electron chi connectivity index (χ3n) is 4.00. The van der Waals surface area contributed by atoms with E-state index in [2.05, 4.69) is 10.3 Å². The minimum absolute atomic E-state index is 0.116. The molecule has 110 valence electrons. The van der Waals surface area contributed by atoms with E-state index in [-0.39, 0.29) is 23.1 Å². The molecule has 0 aromatic carbocycles. The summed E-state index contributed by atoms with van der Waals surface area (Å²) in [5.41, 5.74) is 1.38. The van der Waals surface area contributed by atoms with Crippen LogP contribution in [0.5, 0.6) is 0 Å². The average Bonchev–Trinajstić information content (AvgIpc) is 3.00. The van der Waals surface area contributed by atoms with Crippen LogP contribution in [-0.2, 0) is 0 Å². The first kappa shape index (κ1) is 13.8. The standard InChI is InChI=1S/C15H18N4O2/c1-10-4-6-19-13(7-10)17-9-12(15(19)21)14(20)18(2)11-3-5-16-8-11/h4,6-7,9,11,16H,3,5,8H2,1-2H3. The number of hydrogen-bond acceptors (Lipinski definition) is 4. The molecule has 3 heterocycles. The SMILES string of the molecule is Cc1ccn2c(=O)c(C(=O)N(C)C3CCNC3)cnc2c1. The second-order valence-electron chi connectivity index (χ2n) is 5.47. The van der Waals surface area contributed by atoms with E-state index in [4.69, 9.17) is 0 Å². The zero-order chi connectivity index (χ0) is 15.0.